The van der Waals surface area contributed by atoms with Gasteiger partial charge in [-0.25, -0.2) is 8.42 Å². The number of aryl methyl sites for hydroxylation is 1. The highest BCUT2D eigenvalue weighted by molar-refractivity contribution is 7.92. The van der Waals surface area contributed by atoms with E-state index in [0.29, 0.717) is 10.7 Å². The third-order valence-electron chi connectivity index (χ3n) is 3.87. The molecule has 0 spiro atoms. The second-order valence-electron chi connectivity index (χ2n) is 6.08. The Morgan fingerprint density at radius 2 is 1.61 bits per heavy atom. The minimum atomic E-state index is -3.80. The van der Waals surface area contributed by atoms with Crippen LogP contribution < -0.4 is 10.0 Å². The van der Waals surface area contributed by atoms with Crippen molar-refractivity contribution >= 4 is 50.5 Å². The number of anilines is 2. The van der Waals surface area contributed by atoms with Crippen molar-refractivity contribution in [3.05, 3.63) is 87.9 Å². The number of nitrogens with one attached hydrogen (secondary N) is 2. The summed E-state index contributed by atoms with van der Waals surface area (Å²) in [6, 6.07) is 17.5. The van der Waals surface area contributed by atoms with Gasteiger partial charge in [-0.2, -0.15) is 0 Å². The van der Waals surface area contributed by atoms with Crippen molar-refractivity contribution in [3.8, 4) is 0 Å². The molecule has 28 heavy (non-hydrogen) atoms. The van der Waals surface area contributed by atoms with Crippen LogP contribution in [-0.2, 0) is 10.0 Å². The van der Waals surface area contributed by atoms with Crippen molar-refractivity contribution in [3.63, 3.8) is 0 Å². The maximum Gasteiger partial charge on any atom is 0.261 e. The molecule has 0 aliphatic heterocycles. The van der Waals surface area contributed by atoms with Gasteiger partial charge in [-0.1, -0.05) is 35.3 Å². The Labute approximate surface area is 173 Å². The zero-order chi connectivity index (χ0) is 20.3. The van der Waals surface area contributed by atoms with E-state index >= 15 is 0 Å². The van der Waals surface area contributed by atoms with Gasteiger partial charge in [0.1, 0.15) is 0 Å². The lowest BCUT2D eigenvalue weighted by molar-refractivity contribution is 0.102. The summed E-state index contributed by atoms with van der Waals surface area (Å²) in [5, 5.41) is 3.33. The molecular formula is C20H16Cl2N2O3S. The van der Waals surface area contributed by atoms with Gasteiger partial charge in [0.05, 0.1) is 21.2 Å². The van der Waals surface area contributed by atoms with E-state index in [2.05, 4.69) is 10.0 Å². The fourth-order valence-electron chi connectivity index (χ4n) is 2.51. The van der Waals surface area contributed by atoms with E-state index in [-0.39, 0.29) is 27.1 Å². The highest BCUT2D eigenvalue weighted by atomic mass is 35.5. The van der Waals surface area contributed by atoms with Crippen molar-refractivity contribution in [1.82, 2.24) is 0 Å². The van der Waals surface area contributed by atoms with Gasteiger partial charge < -0.3 is 5.32 Å². The van der Waals surface area contributed by atoms with E-state index in [9.17, 15) is 13.2 Å². The van der Waals surface area contributed by atoms with Crippen LogP contribution in [0.25, 0.3) is 0 Å². The van der Waals surface area contributed by atoms with Crippen LogP contribution in [0, 0.1) is 6.92 Å². The maximum absolute atomic E-state index is 12.4. The monoisotopic (exact) mass is 434 g/mol. The van der Waals surface area contributed by atoms with Crippen molar-refractivity contribution in [2.45, 2.75) is 11.8 Å². The summed E-state index contributed by atoms with van der Waals surface area (Å²) in [5.41, 5.74) is 2.13. The molecule has 0 aliphatic carbocycles. The normalized spacial score (nSPS) is 11.1. The van der Waals surface area contributed by atoms with E-state index in [0.717, 1.165) is 5.56 Å². The molecule has 8 heteroatoms. The number of benzene rings is 3. The zero-order valence-electron chi connectivity index (χ0n) is 14.7. The van der Waals surface area contributed by atoms with E-state index in [1.165, 1.54) is 42.5 Å². The van der Waals surface area contributed by atoms with Gasteiger partial charge in [0.25, 0.3) is 15.9 Å². The number of hydrogen-bond acceptors (Lipinski definition) is 3. The van der Waals surface area contributed by atoms with Crippen LogP contribution in [0.2, 0.25) is 10.0 Å². The molecule has 2 N–H and O–H groups in total. The summed E-state index contributed by atoms with van der Waals surface area (Å²) < 4.78 is 27.3. The van der Waals surface area contributed by atoms with Gasteiger partial charge in [-0.15, -0.1) is 0 Å². The van der Waals surface area contributed by atoms with Crippen molar-refractivity contribution < 1.29 is 13.2 Å². The highest BCUT2D eigenvalue weighted by Crippen LogP contribution is 2.25. The van der Waals surface area contributed by atoms with Gasteiger partial charge in [0.15, 0.2) is 0 Å². The molecule has 0 unspecified atom stereocenters. The number of carbonyl (C=O) groups excluding carboxylic acids is 1. The van der Waals surface area contributed by atoms with E-state index in [1.54, 1.807) is 6.07 Å². The molecule has 3 aromatic rings. The lowest BCUT2D eigenvalue weighted by Gasteiger charge is -2.11. The Balaban J connectivity index is 1.78. The molecule has 0 heterocycles. The smallest absolute Gasteiger partial charge is 0.261 e. The average molecular weight is 435 g/mol. The first-order valence-corrected chi connectivity index (χ1v) is 10.4. The van der Waals surface area contributed by atoms with Gasteiger partial charge in [-0.05, 0) is 67.1 Å². The summed E-state index contributed by atoms with van der Waals surface area (Å²) in [5.74, 6) is -0.386. The standard InChI is InChI=1S/C20H16Cl2N2O3S/c1-13-3-2-4-15(11-13)23-20(25)18-10-7-16(12-19(18)22)24-28(26,27)17-8-5-14(21)6-9-17/h2-12,24H,1H3,(H,23,25). The maximum atomic E-state index is 12.4. The minimum absolute atomic E-state index is 0.0642. The number of hydrogen-bond donors (Lipinski definition) is 2. The lowest BCUT2D eigenvalue weighted by Crippen LogP contribution is -2.15. The Hall–Kier alpha value is -2.54. The fourth-order valence-corrected chi connectivity index (χ4v) is 3.95. The molecule has 5 nitrogen and oxygen atoms in total. The van der Waals surface area contributed by atoms with Crippen LogP contribution in [0.3, 0.4) is 0 Å². The summed E-state index contributed by atoms with van der Waals surface area (Å²) in [6.07, 6.45) is 0. The SMILES string of the molecule is Cc1cccc(NC(=O)c2ccc(NS(=O)(=O)c3ccc(Cl)cc3)cc2Cl)c1. The van der Waals surface area contributed by atoms with Crippen LogP contribution in [0.1, 0.15) is 15.9 Å². The molecule has 3 aromatic carbocycles. The molecule has 0 bridgehead atoms. The molecule has 144 valence electrons. The predicted molar refractivity (Wildman–Crippen MR) is 113 cm³/mol. The van der Waals surface area contributed by atoms with Crippen LogP contribution in [0.4, 0.5) is 11.4 Å². The summed E-state index contributed by atoms with van der Waals surface area (Å²) in [7, 11) is -3.80. The van der Waals surface area contributed by atoms with Crippen molar-refractivity contribution in [2.75, 3.05) is 10.0 Å². The van der Waals surface area contributed by atoms with E-state index in [1.807, 2.05) is 25.1 Å². The van der Waals surface area contributed by atoms with Crippen LogP contribution in [0.15, 0.2) is 71.6 Å². The van der Waals surface area contributed by atoms with Gasteiger partial charge >= 0.3 is 0 Å². The molecule has 0 atom stereocenters. The molecule has 3 rings (SSSR count). The van der Waals surface area contributed by atoms with Gasteiger partial charge in [-0.3, -0.25) is 9.52 Å². The first-order chi connectivity index (χ1) is 13.2. The zero-order valence-corrected chi connectivity index (χ0v) is 17.1. The quantitative estimate of drug-likeness (QED) is 0.567. The number of halogens is 2. The van der Waals surface area contributed by atoms with Gasteiger partial charge in [0.2, 0.25) is 0 Å². The summed E-state index contributed by atoms with van der Waals surface area (Å²) in [4.78, 5) is 12.5. The van der Waals surface area contributed by atoms with Crippen LogP contribution in [-0.4, -0.2) is 14.3 Å². The van der Waals surface area contributed by atoms with Crippen LogP contribution in [0.5, 0.6) is 0 Å². The third kappa shape index (κ3) is 4.84. The average Bonchev–Trinajstić information content (AvgIpc) is 2.61. The molecule has 1 amide bonds. The molecule has 0 radical (unpaired) electrons. The molecule has 0 aliphatic rings. The highest BCUT2D eigenvalue weighted by Gasteiger charge is 2.16. The van der Waals surface area contributed by atoms with Crippen molar-refractivity contribution in [1.29, 1.82) is 0 Å². The Morgan fingerprint density at radius 3 is 2.25 bits per heavy atom. The Bertz CT molecular complexity index is 1130. The molecular weight excluding hydrogens is 419 g/mol. The topological polar surface area (TPSA) is 75.3 Å². The minimum Gasteiger partial charge on any atom is -0.322 e. The molecule has 0 aromatic heterocycles. The predicted octanol–water partition coefficient (Wildman–Crippen LogP) is 5.35. The Morgan fingerprint density at radius 1 is 0.893 bits per heavy atom. The summed E-state index contributed by atoms with van der Waals surface area (Å²) in [6.45, 7) is 1.92. The second kappa shape index (κ2) is 8.22. The van der Waals surface area contributed by atoms with Crippen molar-refractivity contribution in [2.24, 2.45) is 0 Å². The van der Waals surface area contributed by atoms with E-state index in [4.69, 9.17) is 23.2 Å². The van der Waals surface area contributed by atoms with E-state index < -0.39 is 10.0 Å². The number of sulfonamides is 1. The molecule has 0 saturated heterocycles. The largest absolute Gasteiger partial charge is 0.322 e. The number of carbonyl (C=O) groups is 1. The second-order valence-corrected chi connectivity index (χ2v) is 8.60. The fraction of sp³-hybridized carbons (Fsp3) is 0.0500. The Kier molecular flexibility index (Phi) is 5.93. The summed E-state index contributed by atoms with van der Waals surface area (Å²) >= 11 is 12.0. The lowest BCUT2D eigenvalue weighted by atomic mass is 10.1. The third-order valence-corrected chi connectivity index (χ3v) is 5.83. The number of amides is 1. The molecule has 0 saturated carbocycles. The van der Waals surface area contributed by atoms with Crippen LogP contribution >= 0.6 is 23.2 Å². The number of rotatable bonds is 5. The van der Waals surface area contributed by atoms with Gasteiger partial charge in [0, 0.05) is 10.7 Å². The first-order valence-electron chi connectivity index (χ1n) is 8.20. The molecule has 0 fully saturated rings. The first kappa shape index (κ1) is 20.2.